The van der Waals surface area contributed by atoms with Crippen molar-refractivity contribution in [3.05, 3.63) is 109 Å². The average molecular weight is 720 g/mol. The minimum absolute atomic E-state index is 0.0112. The number of aliphatic imine (C=N–C) groups is 1. The summed E-state index contributed by atoms with van der Waals surface area (Å²) in [5.74, 6) is -0.587. The van der Waals surface area contributed by atoms with Crippen LogP contribution >= 0.6 is 34.3 Å². The second-order valence-corrected chi connectivity index (χ2v) is 14.0. The van der Waals surface area contributed by atoms with Gasteiger partial charge < -0.3 is 25.0 Å². The van der Waals surface area contributed by atoms with Crippen LogP contribution in [0.4, 0.5) is 9.18 Å². The van der Waals surface area contributed by atoms with Crippen LogP contribution in [-0.2, 0) is 16.1 Å². The summed E-state index contributed by atoms with van der Waals surface area (Å²) in [5, 5.41) is 18.4. The van der Waals surface area contributed by atoms with Gasteiger partial charge in [-0.05, 0) is 12.1 Å². The summed E-state index contributed by atoms with van der Waals surface area (Å²) in [5.41, 5.74) is 3.70. The lowest BCUT2D eigenvalue weighted by Crippen LogP contribution is -2.53. The van der Waals surface area contributed by atoms with Crippen molar-refractivity contribution in [3.63, 3.8) is 0 Å². The van der Waals surface area contributed by atoms with Gasteiger partial charge >= 0.3 is 12.0 Å². The minimum Gasteiger partial charge on any atom is -0.508 e. The SMILES string of the molecule is C=C(O)c1ccc(-c2csc(CN3C[C@@H]4CN(CC5=C(C(=O)OC)[C@H](c6ccc(F)cc6Cl)N=C(c6nccs6)N5)CCN4C3=O)n2)cc1. The van der Waals surface area contributed by atoms with Crippen LogP contribution in [0.1, 0.15) is 27.2 Å². The molecule has 2 saturated heterocycles. The second-order valence-electron chi connectivity index (χ2n) is 11.8. The largest absolute Gasteiger partial charge is 0.508 e. The van der Waals surface area contributed by atoms with Crippen molar-refractivity contribution in [2.45, 2.75) is 18.6 Å². The number of nitrogens with one attached hydrogen (secondary N) is 1. The Morgan fingerprint density at radius 2 is 1.98 bits per heavy atom. The third kappa shape index (κ3) is 6.69. The normalized spacial score (nSPS) is 19.5. The number of nitrogens with zero attached hydrogens (tertiary/aromatic N) is 6. The third-order valence-corrected chi connectivity index (χ3v) is 10.7. The predicted octanol–water partition coefficient (Wildman–Crippen LogP) is 5.73. The van der Waals surface area contributed by atoms with Crippen molar-refractivity contribution in [1.82, 2.24) is 30.0 Å². The number of thiazole rings is 2. The molecule has 252 valence electrons. The fourth-order valence-corrected chi connectivity index (χ4v) is 8.00. The van der Waals surface area contributed by atoms with E-state index >= 15 is 0 Å². The molecule has 3 aliphatic heterocycles. The number of esters is 1. The molecule has 7 rings (SSSR count). The summed E-state index contributed by atoms with van der Waals surface area (Å²) in [6.45, 7) is 6.53. The van der Waals surface area contributed by atoms with E-state index in [1.54, 1.807) is 18.3 Å². The zero-order valence-electron chi connectivity index (χ0n) is 26.3. The maximum Gasteiger partial charge on any atom is 0.338 e. The van der Waals surface area contributed by atoms with E-state index in [1.165, 1.54) is 48.0 Å². The third-order valence-electron chi connectivity index (χ3n) is 8.71. The van der Waals surface area contributed by atoms with Crippen molar-refractivity contribution in [1.29, 1.82) is 0 Å². The number of hydrogen-bond donors (Lipinski definition) is 2. The molecular weight excluding hydrogens is 689 g/mol. The quantitative estimate of drug-likeness (QED) is 0.166. The number of aromatic nitrogens is 2. The number of ether oxygens (including phenoxy) is 1. The fourth-order valence-electron chi connectivity index (χ4n) is 6.32. The van der Waals surface area contributed by atoms with Gasteiger partial charge in [-0.3, -0.25) is 9.89 Å². The molecular formula is C34H31ClFN7O4S2. The Bertz CT molecular complexity index is 1980. The van der Waals surface area contributed by atoms with Crippen LogP contribution in [0.25, 0.3) is 17.0 Å². The molecule has 2 atom stereocenters. The Morgan fingerprint density at radius 3 is 2.69 bits per heavy atom. The van der Waals surface area contributed by atoms with E-state index in [-0.39, 0.29) is 28.4 Å². The van der Waals surface area contributed by atoms with E-state index in [1.807, 2.05) is 32.7 Å². The van der Waals surface area contributed by atoms with E-state index < -0.39 is 17.8 Å². The number of benzene rings is 2. The van der Waals surface area contributed by atoms with E-state index in [0.29, 0.717) is 66.9 Å². The van der Waals surface area contributed by atoms with Gasteiger partial charge in [0.05, 0.1) is 31.0 Å². The van der Waals surface area contributed by atoms with Gasteiger partial charge in [0.25, 0.3) is 0 Å². The first-order valence-corrected chi connectivity index (χ1v) is 17.5. The molecule has 0 aliphatic carbocycles. The molecule has 2 fully saturated rings. The van der Waals surface area contributed by atoms with Gasteiger partial charge in [0, 0.05) is 77.1 Å². The Labute approximate surface area is 294 Å². The molecule has 49 heavy (non-hydrogen) atoms. The molecule has 0 bridgehead atoms. The standard InChI is InChI=1S/C34H31ClFN7O4S2/c1-19(44)20-3-5-21(6-4-20)27-18-49-28(38-27)17-42-15-23-14-41(10-11-43(23)34(42)46)16-26-29(33(45)47-2)30(24-8-7-22(36)13-25(24)35)40-31(39-26)32-37-9-12-48-32/h3-9,12-13,18,23,30,44H,1,10-11,14-17H2,2H3,(H,39,40)/t23-,30-/m0/s1. The van der Waals surface area contributed by atoms with Crippen LogP contribution in [-0.4, -0.2) is 93.5 Å². The van der Waals surface area contributed by atoms with Crippen molar-refractivity contribution in [3.8, 4) is 11.3 Å². The summed E-state index contributed by atoms with van der Waals surface area (Å²) in [7, 11) is 1.31. The van der Waals surface area contributed by atoms with Gasteiger partial charge in [0.2, 0.25) is 0 Å². The second kappa shape index (κ2) is 13.7. The lowest BCUT2D eigenvalue weighted by atomic mass is 9.95. The van der Waals surface area contributed by atoms with Crippen LogP contribution in [0.3, 0.4) is 0 Å². The van der Waals surface area contributed by atoms with Crippen LogP contribution in [0, 0.1) is 5.82 Å². The van der Waals surface area contributed by atoms with Crippen molar-refractivity contribution in [2.24, 2.45) is 4.99 Å². The number of urea groups is 1. The van der Waals surface area contributed by atoms with Gasteiger partial charge in [-0.2, -0.15) is 0 Å². The summed E-state index contributed by atoms with van der Waals surface area (Å²) < 4.78 is 19.2. The molecule has 0 saturated carbocycles. The topological polar surface area (TPSA) is 123 Å². The number of methoxy groups -OCH3 is 1. The van der Waals surface area contributed by atoms with Crippen molar-refractivity contribution >= 4 is 57.9 Å². The highest BCUT2D eigenvalue weighted by Gasteiger charge is 2.42. The maximum absolute atomic E-state index is 14.0. The van der Waals surface area contributed by atoms with Gasteiger partial charge in [-0.25, -0.2) is 23.9 Å². The Balaban J connectivity index is 1.09. The molecule has 0 spiro atoms. The van der Waals surface area contributed by atoms with E-state index in [0.717, 1.165) is 16.3 Å². The molecule has 4 aromatic rings. The highest BCUT2D eigenvalue weighted by Crippen LogP contribution is 2.37. The number of carbonyl (C=O) groups excluding carboxylic acids is 2. The number of piperazine rings is 1. The number of carbonyl (C=O) groups is 2. The minimum atomic E-state index is -0.851. The van der Waals surface area contributed by atoms with E-state index in [4.69, 9.17) is 26.3 Å². The van der Waals surface area contributed by atoms with Gasteiger partial charge in [-0.15, -0.1) is 22.7 Å². The maximum atomic E-state index is 14.0. The highest BCUT2D eigenvalue weighted by atomic mass is 35.5. The van der Waals surface area contributed by atoms with Gasteiger partial charge in [0.1, 0.15) is 22.6 Å². The Hall–Kier alpha value is -4.63. The van der Waals surface area contributed by atoms with Crippen molar-refractivity contribution in [2.75, 3.05) is 39.8 Å². The molecule has 0 unspecified atom stereocenters. The summed E-state index contributed by atoms with van der Waals surface area (Å²) in [4.78, 5) is 46.7. The summed E-state index contributed by atoms with van der Waals surface area (Å²) in [6, 6.07) is 10.4. The molecule has 2 aromatic carbocycles. The smallest absolute Gasteiger partial charge is 0.338 e. The van der Waals surface area contributed by atoms with Crippen LogP contribution in [0.5, 0.6) is 0 Å². The Kier molecular flexibility index (Phi) is 9.20. The molecule has 2 N–H and O–H groups in total. The molecule has 2 aromatic heterocycles. The predicted molar refractivity (Wildman–Crippen MR) is 187 cm³/mol. The Morgan fingerprint density at radius 1 is 1.16 bits per heavy atom. The van der Waals surface area contributed by atoms with E-state index in [9.17, 15) is 19.1 Å². The summed E-state index contributed by atoms with van der Waals surface area (Å²) >= 11 is 9.39. The number of fused-ring (bicyclic) bond motifs is 1. The summed E-state index contributed by atoms with van der Waals surface area (Å²) in [6.07, 6.45) is 1.67. The highest BCUT2D eigenvalue weighted by molar-refractivity contribution is 7.11. The molecule has 5 heterocycles. The number of amidine groups is 1. The number of hydrogen-bond acceptors (Lipinski definition) is 11. The monoisotopic (exact) mass is 719 g/mol. The number of rotatable bonds is 9. The average Bonchev–Trinajstić information content (AvgIpc) is 3.86. The zero-order valence-corrected chi connectivity index (χ0v) is 28.7. The van der Waals surface area contributed by atoms with Crippen LogP contribution in [0.2, 0.25) is 5.02 Å². The molecule has 3 aliphatic rings. The lowest BCUT2D eigenvalue weighted by molar-refractivity contribution is -0.136. The first-order valence-electron chi connectivity index (χ1n) is 15.4. The molecule has 0 radical (unpaired) electrons. The lowest BCUT2D eigenvalue weighted by Gasteiger charge is -2.38. The zero-order chi connectivity index (χ0) is 34.2. The first kappa shape index (κ1) is 32.9. The number of amides is 2. The number of aliphatic hydroxyl groups is 1. The van der Waals surface area contributed by atoms with Gasteiger partial charge in [0.15, 0.2) is 10.8 Å². The van der Waals surface area contributed by atoms with Crippen molar-refractivity contribution < 1.29 is 23.8 Å². The molecule has 11 nitrogen and oxygen atoms in total. The van der Waals surface area contributed by atoms with Crippen LogP contribution in [0.15, 0.2) is 82.3 Å². The van der Waals surface area contributed by atoms with Gasteiger partial charge in [-0.1, -0.05) is 48.5 Å². The number of halogens is 2. The van der Waals surface area contributed by atoms with E-state index in [2.05, 4.69) is 21.8 Å². The molecule has 15 heteroatoms. The van der Waals surface area contributed by atoms with Crippen LogP contribution < -0.4 is 5.32 Å². The fraction of sp³-hybridized carbons (Fsp3) is 0.265. The molecule has 2 amide bonds. The first-order chi connectivity index (χ1) is 23.7. The number of aliphatic hydroxyl groups excluding tert-OH is 1.